The number of β-lactam (4-membered cyclic amide) rings is 1. The van der Waals surface area contributed by atoms with E-state index in [2.05, 4.69) is 11.4 Å². The van der Waals surface area contributed by atoms with Crippen molar-refractivity contribution < 1.29 is 4.79 Å². The molecule has 1 atom stereocenters. The van der Waals surface area contributed by atoms with E-state index >= 15 is 0 Å². The molecule has 10 heavy (non-hydrogen) atoms. The minimum absolute atomic E-state index is 0.165. The first-order valence-corrected chi connectivity index (χ1v) is 4.07. The largest absolute Gasteiger partial charge is 0.348 e. The van der Waals surface area contributed by atoms with Crippen LogP contribution in [0.3, 0.4) is 0 Å². The summed E-state index contributed by atoms with van der Waals surface area (Å²) in [7, 11) is 0. The molecule has 1 saturated heterocycles. The van der Waals surface area contributed by atoms with Gasteiger partial charge in [-0.05, 0) is 11.4 Å². The summed E-state index contributed by atoms with van der Waals surface area (Å²) in [6, 6.07) is 4.37. The second kappa shape index (κ2) is 2.09. The lowest BCUT2D eigenvalue weighted by Gasteiger charge is -2.25. The lowest BCUT2D eigenvalue weighted by molar-refractivity contribution is -0.128. The number of thiophene rings is 1. The predicted octanol–water partition coefficient (Wildman–Crippen LogP) is 1.31. The van der Waals surface area contributed by atoms with Crippen LogP contribution in [0.5, 0.6) is 0 Å². The van der Waals surface area contributed by atoms with E-state index < -0.39 is 0 Å². The fourth-order valence-electron chi connectivity index (χ4n) is 1.02. The first-order chi connectivity index (χ1) is 4.86. The Balaban J connectivity index is 2.10. The summed E-state index contributed by atoms with van der Waals surface area (Å²) in [6.07, 6.45) is 0.667. The Bertz CT molecular complexity index is 234. The molecule has 2 nitrogen and oxygen atoms in total. The van der Waals surface area contributed by atoms with Crippen molar-refractivity contribution in [1.29, 1.82) is 0 Å². The van der Waals surface area contributed by atoms with E-state index in [1.54, 1.807) is 11.3 Å². The number of carbonyl (C=O) groups excluding carboxylic acids is 1. The maximum absolute atomic E-state index is 10.5. The van der Waals surface area contributed by atoms with Crippen LogP contribution in [0.4, 0.5) is 0 Å². The third-order valence-corrected chi connectivity index (χ3v) is 2.60. The topological polar surface area (TPSA) is 29.1 Å². The van der Waals surface area contributed by atoms with E-state index in [-0.39, 0.29) is 5.91 Å². The summed E-state index contributed by atoms with van der Waals surface area (Å²) in [6.45, 7) is 0. The average molecular weight is 153 g/mol. The number of rotatable bonds is 1. The maximum Gasteiger partial charge on any atom is 0.222 e. The van der Waals surface area contributed by atoms with Gasteiger partial charge < -0.3 is 5.32 Å². The highest BCUT2D eigenvalue weighted by Gasteiger charge is 2.26. The second-order valence-electron chi connectivity index (χ2n) is 2.34. The van der Waals surface area contributed by atoms with Crippen LogP contribution in [0.15, 0.2) is 17.5 Å². The van der Waals surface area contributed by atoms with E-state index in [1.807, 2.05) is 11.4 Å². The standard InChI is InChI=1S/C7H7NOS/c9-7-4-5(8-7)6-2-1-3-10-6/h1-3,5H,4H2,(H,8,9)/t5-/m1/s1. The van der Waals surface area contributed by atoms with E-state index in [9.17, 15) is 4.79 Å². The summed E-state index contributed by atoms with van der Waals surface area (Å²) in [5.74, 6) is 0.165. The molecule has 0 aliphatic carbocycles. The van der Waals surface area contributed by atoms with Crippen LogP contribution in [-0.4, -0.2) is 5.91 Å². The van der Waals surface area contributed by atoms with Gasteiger partial charge in [0.25, 0.3) is 0 Å². The molecule has 3 heteroatoms. The molecule has 0 unspecified atom stereocenters. The molecule has 0 radical (unpaired) electrons. The number of carbonyl (C=O) groups is 1. The Labute approximate surface area is 62.9 Å². The molecule has 1 amide bonds. The van der Waals surface area contributed by atoms with Gasteiger partial charge in [0.1, 0.15) is 0 Å². The molecule has 1 aliphatic rings. The second-order valence-corrected chi connectivity index (χ2v) is 3.32. The van der Waals surface area contributed by atoms with Gasteiger partial charge in [0, 0.05) is 4.88 Å². The van der Waals surface area contributed by atoms with Gasteiger partial charge in [-0.25, -0.2) is 0 Å². The van der Waals surface area contributed by atoms with Gasteiger partial charge >= 0.3 is 0 Å². The summed E-state index contributed by atoms with van der Waals surface area (Å²) < 4.78 is 0. The summed E-state index contributed by atoms with van der Waals surface area (Å²) in [4.78, 5) is 11.8. The molecule has 1 aromatic heterocycles. The number of amides is 1. The van der Waals surface area contributed by atoms with E-state index in [0.29, 0.717) is 12.5 Å². The van der Waals surface area contributed by atoms with Crippen molar-refractivity contribution in [3.8, 4) is 0 Å². The van der Waals surface area contributed by atoms with Gasteiger partial charge in [-0.1, -0.05) is 6.07 Å². The normalized spacial score (nSPS) is 23.6. The summed E-state index contributed by atoms with van der Waals surface area (Å²) >= 11 is 1.69. The summed E-state index contributed by atoms with van der Waals surface area (Å²) in [5.41, 5.74) is 0. The third kappa shape index (κ3) is 0.827. The fraction of sp³-hybridized carbons (Fsp3) is 0.286. The van der Waals surface area contributed by atoms with Crippen LogP contribution in [0.2, 0.25) is 0 Å². The van der Waals surface area contributed by atoms with Crippen molar-refractivity contribution in [2.75, 3.05) is 0 Å². The van der Waals surface area contributed by atoms with E-state index in [1.165, 1.54) is 4.88 Å². The molecule has 0 bridgehead atoms. The Morgan fingerprint density at radius 1 is 1.70 bits per heavy atom. The van der Waals surface area contributed by atoms with Gasteiger partial charge in [0.05, 0.1) is 12.5 Å². The van der Waals surface area contributed by atoms with Crippen LogP contribution < -0.4 is 5.32 Å². The monoisotopic (exact) mass is 153 g/mol. The molecular weight excluding hydrogens is 146 g/mol. The van der Waals surface area contributed by atoms with Crippen LogP contribution in [0.25, 0.3) is 0 Å². The first-order valence-electron chi connectivity index (χ1n) is 3.19. The predicted molar refractivity (Wildman–Crippen MR) is 39.8 cm³/mol. The Morgan fingerprint density at radius 2 is 2.50 bits per heavy atom. The van der Waals surface area contributed by atoms with Crippen molar-refractivity contribution in [1.82, 2.24) is 5.32 Å². The zero-order valence-corrected chi connectivity index (χ0v) is 6.15. The quantitative estimate of drug-likeness (QED) is 0.605. The molecule has 52 valence electrons. The van der Waals surface area contributed by atoms with Gasteiger partial charge in [-0.2, -0.15) is 0 Å². The van der Waals surface area contributed by atoms with Crippen molar-refractivity contribution in [2.45, 2.75) is 12.5 Å². The highest BCUT2D eigenvalue weighted by Crippen LogP contribution is 2.26. The first kappa shape index (κ1) is 5.92. The molecule has 1 N–H and O–H groups in total. The highest BCUT2D eigenvalue weighted by molar-refractivity contribution is 7.10. The van der Waals surface area contributed by atoms with Crippen molar-refractivity contribution in [3.63, 3.8) is 0 Å². The van der Waals surface area contributed by atoms with Crippen LogP contribution in [0.1, 0.15) is 17.3 Å². The lowest BCUT2D eigenvalue weighted by Crippen LogP contribution is -2.40. The average Bonchev–Trinajstić information content (AvgIpc) is 2.31. The van der Waals surface area contributed by atoms with Gasteiger partial charge in [-0.3, -0.25) is 4.79 Å². The van der Waals surface area contributed by atoms with E-state index in [4.69, 9.17) is 0 Å². The summed E-state index contributed by atoms with van der Waals surface area (Å²) in [5, 5.41) is 4.84. The minimum atomic E-state index is 0.165. The number of hydrogen-bond acceptors (Lipinski definition) is 2. The Hall–Kier alpha value is -0.830. The van der Waals surface area contributed by atoms with Crippen molar-refractivity contribution >= 4 is 17.2 Å². The zero-order valence-electron chi connectivity index (χ0n) is 5.33. The molecule has 1 aromatic rings. The highest BCUT2D eigenvalue weighted by atomic mass is 32.1. The molecule has 0 aromatic carbocycles. The maximum atomic E-state index is 10.5. The Kier molecular flexibility index (Phi) is 1.24. The molecular formula is C7H7NOS. The molecule has 1 aliphatic heterocycles. The molecule has 2 rings (SSSR count). The fourth-order valence-corrected chi connectivity index (χ4v) is 1.80. The smallest absolute Gasteiger partial charge is 0.222 e. The lowest BCUT2D eigenvalue weighted by atomic mass is 10.1. The van der Waals surface area contributed by atoms with Gasteiger partial charge in [0.15, 0.2) is 0 Å². The van der Waals surface area contributed by atoms with Crippen molar-refractivity contribution in [2.24, 2.45) is 0 Å². The van der Waals surface area contributed by atoms with Gasteiger partial charge in [-0.15, -0.1) is 11.3 Å². The van der Waals surface area contributed by atoms with Crippen molar-refractivity contribution in [3.05, 3.63) is 22.4 Å². The van der Waals surface area contributed by atoms with Crippen LogP contribution >= 0.6 is 11.3 Å². The zero-order chi connectivity index (χ0) is 6.97. The number of nitrogens with one attached hydrogen (secondary N) is 1. The Morgan fingerprint density at radius 3 is 3.00 bits per heavy atom. The molecule has 0 saturated carbocycles. The van der Waals surface area contributed by atoms with Gasteiger partial charge in [0.2, 0.25) is 5.91 Å². The van der Waals surface area contributed by atoms with E-state index in [0.717, 1.165) is 0 Å². The molecule has 1 fully saturated rings. The minimum Gasteiger partial charge on any atom is -0.348 e. The molecule has 0 spiro atoms. The SMILES string of the molecule is O=C1C[C@H](c2cccs2)N1. The van der Waals surface area contributed by atoms with Crippen LogP contribution in [-0.2, 0) is 4.79 Å². The third-order valence-electron chi connectivity index (χ3n) is 1.61. The molecule has 2 heterocycles. The van der Waals surface area contributed by atoms with Crippen LogP contribution in [0, 0.1) is 0 Å². The number of hydrogen-bond donors (Lipinski definition) is 1.